The van der Waals surface area contributed by atoms with Crippen LogP contribution >= 0.6 is 12.4 Å². The third-order valence-electron chi connectivity index (χ3n) is 3.84. The van der Waals surface area contributed by atoms with Gasteiger partial charge in [0, 0.05) is 11.3 Å². The maximum absolute atomic E-state index is 12.3. The Bertz CT molecular complexity index is 725. The quantitative estimate of drug-likeness (QED) is 0.757. The molecule has 6 heteroatoms. The number of Topliss-reactive ketones (excluding diaryl/α,β-unsaturated/α-hetero) is 1. The van der Waals surface area contributed by atoms with Crippen LogP contribution < -0.4 is 11.1 Å². The van der Waals surface area contributed by atoms with Gasteiger partial charge < -0.3 is 10.5 Å². The molecule has 1 amide bonds. The Balaban J connectivity index is 0.00000338. The molecule has 0 radical (unpaired) electrons. The molecular weight excluding hydrogens is 352 g/mol. The lowest BCUT2D eigenvalue weighted by molar-refractivity contribution is 0.0901. The van der Waals surface area contributed by atoms with Crippen LogP contribution in [0.1, 0.15) is 36.7 Å². The number of ether oxygens (including phenoxy) is 1. The van der Waals surface area contributed by atoms with E-state index < -0.39 is 12.1 Å². The van der Waals surface area contributed by atoms with Crippen molar-refractivity contribution in [1.82, 2.24) is 0 Å². The third-order valence-corrected chi connectivity index (χ3v) is 3.84. The fraction of sp³-hybridized carbons (Fsp3) is 0.300. The van der Waals surface area contributed by atoms with Crippen molar-refractivity contribution in [3.8, 4) is 0 Å². The average Bonchev–Trinajstić information content (AvgIpc) is 2.59. The molecule has 0 spiro atoms. The minimum absolute atomic E-state index is 0. The van der Waals surface area contributed by atoms with Gasteiger partial charge in [0.15, 0.2) is 5.78 Å². The van der Waals surface area contributed by atoms with Crippen molar-refractivity contribution in [3.05, 3.63) is 65.7 Å². The van der Waals surface area contributed by atoms with Crippen LogP contribution in [0.4, 0.5) is 10.5 Å². The van der Waals surface area contributed by atoms with Crippen molar-refractivity contribution in [2.45, 2.75) is 33.4 Å². The van der Waals surface area contributed by atoms with Gasteiger partial charge in [-0.25, -0.2) is 4.79 Å². The number of rotatable bonds is 5. The van der Waals surface area contributed by atoms with Crippen LogP contribution in [0.5, 0.6) is 0 Å². The van der Waals surface area contributed by atoms with E-state index in [1.165, 1.54) is 0 Å². The molecule has 0 aliphatic carbocycles. The van der Waals surface area contributed by atoms with Crippen molar-refractivity contribution >= 4 is 30.0 Å². The molecule has 2 rings (SSSR count). The van der Waals surface area contributed by atoms with Crippen LogP contribution in [0.25, 0.3) is 0 Å². The van der Waals surface area contributed by atoms with Gasteiger partial charge in [0.2, 0.25) is 0 Å². The topological polar surface area (TPSA) is 81.4 Å². The van der Waals surface area contributed by atoms with Crippen LogP contribution in [0.2, 0.25) is 0 Å². The molecule has 0 saturated heterocycles. The number of anilines is 1. The monoisotopic (exact) mass is 376 g/mol. The van der Waals surface area contributed by atoms with Crippen molar-refractivity contribution in [1.29, 1.82) is 0 Å². The largest absolute Gasteiger partial charge is 0.444 e. The summed E-state index contributed by atoms with van der Waals surface area (Å²) < 4.78 is 5.16. The van der Waals surface area contributed by atoms with Crippen LogP contribution in [-0.2, 0) is 11.3 Å². The second-order valence-corrected chi connectivity index (χ2v) is 6.97. The number of carbonyl (C=O) groups is 2. The average molecular weight is 377 g/mol. The molecule has 140 valence electrons. The molecule has 0 fully saturated rings. The van der Waals surface area contributed by atoms with Gasteiger partial charge in [0.25, 0.3) is 0 Å². The minimum Gasteiger partial charge on any atom is -0.444 e. The highest BCUT2D eigenvalue weighted by Gasteiger charge is 2.28. The number of carbonyl (C=O) groups excluding carboxylic acids is 2. The molecule has 2 aromatic rings. The van der Waals surface area contributed by atoms with Crippen molar-refractivity contribution in [2.24, 2.45) is 11.1 Å². The highest BCUT2D eigenvalue weighted by Crippen LogP contribution is 2.21. The fourth-order valence-electron chi connectivity index (χ4n) is 2.17. The van der Waals surface area contributed by atoms with E-state index in [9.17, 15) is 9.59 Å². The Hall–Kier alpha value is -2.37. The zero-order valence-electron chi connectivity index (χ0n) is 15.2. The normalized spacial score (nSPS) is 11.8. The molecule has 0 aliphatic rings. The van der Waals surface area contributed by atoms with Gasteiger partial charge in [-0.3, -0.25) is 10.1 Å². The van der Waals surface area contributed by atoms with Gasteiger partial charge in [0.05, 0.1) is 6.04 Å². The number of nitrogens with one attached hydrogen (secondary N) is 1. The summed E-state index contributed by atoms with van der Waals surface area (Å²) in [7, 11) is 0. The lowest BCUT2D eigenvalue weighted by Gasteiger charge is -2.25. The molecule has 0 aromatic heterocycles. The first-order valence-corrected chi connectivity index (χ1v) is 8.15. The summed E-state index contributed by atoms with van der Waals surface area (Å²) in [6.07, 6.45) is -0.547. The SMILES string of the molecule is CC(C)(C)C(N)C(=O)c1ccc(NC(=O)OCc2ccccc2)cc1.Cl. The highest BCUT2D eigenvalue weighted by molar-refractivity contribution is 6.01. The van der Waals surface area contributed by atoms with Gasteiger partial charge in [-0.1, -0.05) is 51.1 Å². The Labute approximate surface area is 160 Å². The molecule has 1 atom stereocenters. The Morgan fingerprint density at radius 1 is 1.04 bits per heavy atom. The zero-order chi connectivity index (χ0) is 18.4. The number of benzene rings is 2. The lowest BCUT2D eigenvalue weighted by Crippen LogP contribution is -2.42. The molecule has 26 heavy (non-hydrogen) atoms. The van der Waals surface area contributed by atoms with Gasteiger partial charge in [-0.05, 0) is 35.2 Å². The molecular formula is C20H25ClN2O3. The number of nitrogens with two attached hydrogens (primary N) is 1. The Morgan fingerprint density at radius 2 is 1.62 bits per heavy atom. The van der Waals surface area contributed by atoms with E-state index in [0.717, 1.165) is 5.56 Å². The number of hydrogen-bond acceptors (Lipinski definition) is 4. The van der Waals surface area contributed by atoms with E-state index in [0.29, 0.717) is 11.3 Å². The predicted molar refractivity (Wildman–Crippen MR) is 106 cm³/mol. The van der Waals surface area contributed by atoms with Crippen LogP contribution in [0, 0.1) is 5.41 Å². The number of hydrogen-bond donors (Lipinski definition) is 2. The van der Waals surface area contributed by atoms with Gasteiger partial charge in [-0.2, -0.15) is 0 Å². The van der Waals surface area contributed by atoms with E-state index in [4.69, 9.17) is 10.5 Å². The van der Waals surface area contributed by atoms with Crippen molar-refractivity contribution < 1.29 is 14.3 Å². The molecule has 0 heterocycles. The Kier molecular flexibility index (Phi) is 7.80. The third kappa shape index (κ3) is 6.17. The van der Waals surface area contributed by atoms with Crippen LogP contribution in [0.15, 0.2) is 54.6 Å². The standard InChI is InChI=1S/C20H24N2O3.ClH/c1-20(2,3)18(21)17(23)15-9-11-16(12-10-15)22-19(24)25-13-14-7-5-4-6-8-14;/h4-12,18H,13,21H2,1-3H3,(H,22,24);1H. The molecule has 3 N–H and O–H groups in total. The van der Waals surface area contributed by atoms with Crippen molar-refractivity contribution in [2.75, 3.05) is 5.32 Å². The van der Waals surface area contributed by atoms with Crippen LogP contribution in [-0.4, -0.2) is 17.9 Å². The van der Waals surface area contributed by atoms with E-state index in [2.05, 4.69) is 5.32 Å². The maximum Gasteiger partial charge on any atom is 0.411 e. The van der Waals surface area contributed by atoms with E-state index >= 15 is 0 Å². The van der Waals surface area contributed by atoms with E-state index in [1.807, 2.05) is 51.1 Å². The minimum atomic E-state index is -0.581. The number of ketones is 1. The smallest absolute Gasteiger partial charge is 0.411 e. The molecule has 5 nitrogen and oxygen atoms in total. The van der Waals surface area contributed by atoms with Crippen molar-refractivity contribution in [3.63, 3.8) is 0 Å². The first-order valence-electron chi connectivity index (χ1n) is 8.15. The summed E-state index contributed by atoms with van der Waals surface area (Å²) in [5.74, 6) is -0.120. The van der Waals surface area contributed by atoms with Gasteiger partial charge >= 0.3 is 6.09 Å². The summed E-state index contributed by atoms with van der Waals surface area (Å²) >= 11 is 0. The summed E-state index contributed by atoms with van der Waals surface area (Å²) in [6, 6.07) is 15.5. The maximum atomic E-state index is 12.3. The molecule has 0 bridgehead atoms. The fourth-order valence-corrected chi connectivity index (χ4v) is 2.17. The second-order valence-electron chi connectivity index (χ2n) is 6.97. The van der Waals surface area contributed by atoms with E-state index in [1.54, 1.807) is 24.3 Å². The number of amides is 1. The summed E-state index contributed by atoms with van der Waals surface area (Å²) in [5, 5.41) is 2.63. The zero-order valence-corrected chi connectivity index (χ0v) is 16.0. The Morgan fingerprint density at radius 3 is 2.15 bits per heavy atom. The van der Waals surface area contributed by atoms with E-state index in [-0.39, 0.29) is 30.2 Å². The first kappa shape index (κ1) is 21.7. The summed E-state index contributed by atoms with van der Waals surface area (Å²) in [6.45, 7) is 5.97. The molecule has 2 aromatic carbocycles. The summed E-state index contributed by atoms with van der Waals surface area (Å²) in [5.41, 5.74) is 7.68. The van der Waals surface area contributed by atoms with Gasteiger partial charge in [0.1, 0.15) is 6.61 Å². The van der Waals surface area contributed by atoms with Gasteiger partial charge in [-0.15, -0.1) is 12.4 Å². The second kappa shape index (κ2) is 9.36. The molecule has 0 aliphatic heterocycles. The summed E-state index contributed by atoms with van der Waals surface area (Å²) in [4.78, 5) is 24.2. The lowest BCUT2D eigenvalue weighted by atomic mass is 9.83. The molecule has 0 saturated carbocycles. The van der Waals surface area contributed by atoms with Crippen LogP contribution in [0.3, 0.4) is 0 Å². The predicted octanol–water partition coefficient (Wildman–Crippen LogP) is 4.41. The highest BCUT2D eigenvalue weighted by atomic mass is 35.5. The molecule has 1 unspecified atom stereocenters. The number of halogens is 1. The first-order chi connectivity index (χ1) is 11.8.